The molecule has 1 aromatic carbocycles. The number of carbonyl (C=O) groups is 1. The van der Waals surface area contributed by atoms with Gasteiger partial charge < -0.3 is 4.98 Å². The largest absolute Gasteiger partial charge is 0.392 e. The highest BCUT2D eigenvalue weighted by Crippen LogP contribution is 2.41. The van der Waals surface area contributed by atoms with Crippen LogP contribution in [0.15, 0.2) is 54.9 Å². The molecule has 138 valence electrons. The van der Waals surface area contributed by atoms with Crippen molar-refractivity contribution in [2.75, 3.05) is 0 Å². The summed E-state index contributed by atoms with van der Waals surface area (Å²) in [4.78, 5) is 19.8. The third-order valence-corrected chi connectivity index (χ3v) is 5.00. The van der Waals surface area contributed by atoms with Crippen LogP contribution in [0.4, 0.5) is 13.2 Å². The number of ketones is 1. The van der Waals surface area contributed by atoms with Gasteiger partial charge in [0.15, 0.2) is 5.78 Å². The third kappa shape index (κ3) is 3.39. The van der Waals surface area contributed by atoms with E-state index in [0.717, 1.165) is 16.7 Å². The van der Waals surface area contributed by atoms with Crippen molar-refractivity contribution in [1.29, 1.82) is 0 Å². The van der Waals surface area contributed by atoms with E-state index in [1.807, 2.05) is 30.3 Å². The van der Waals surface area contributed by atoms with Gasteiger partial charge in [0.05, 0.1) is 11.6 Å². The second-order valence-electron chi connectivity index (χ2n) is 6.80. The lowest BCUT2D eigenvalue weighted by Gasteiger charge is -2.24. The van der Waals surface area contributed by atoms with Crippen LogP contribution in [0.25, 0.3) is 11.3 Å². The lowest BCUT2D eigenvalue weighted by Crippen LogP contribution is -2.31. The van der Waals surface area contributed by atoms with Crippen molar-refractivity contribution < 1.29 is 18.0 Å². The topological polar surface area (TPSA) is 45.8 Å². The average Bonchev–Trinajstić information content (AvgIpc) is 3.01. The van der Waals surface area contributed by atoms with E-state index < -0.39 is 24.3 Å². The molecule has 0 aliphatic heterocycles. The van der Waals surface area contributed by atoms with E-state index in [-0.39, 0.29) is 6.42 Å². The normalized spacial score (nSPS) is 17.0. The molecule has 0 spiro atoms. The molecule has 0 amide bonds. The molecule has 6 heteroatoms. The Morgan fingerprint density at radius 3 is 2.41 bits per heavy atom. The molecule has 4 rings (SSSR count). The monoisotopic (exact) mass is 370 g/mol. The van der Waals surface area contributed by atoms with E-state index in [4.69, 9.17) is 0 Å². The molecule has 2 aromatic heterocycles. The van der Waals surface area contributed by atoms with Crippen molar-refractivity contribution >= 4 is 5.78 Å². The molecule has 0 radical (unpaired) electrons. The van der Waals surface area contributed by atoms with Crippen molar-refractivity contribution in [2.45, 2.75) is 25.4 Å². The number of aromatic nitrogens is 2. The van der Waals surface area contributed by atoms with Crippen LogP contribution < -0.4 is 0 Å². The molecule has 2 heterocycles. The lowest BCUT2D eigenvalue weighted by molar-refractivity contribution is -0.174. The van der Waals surface area contributed by atoms with Crippen molar-refractivity contribution in [3.63, 3.8) is 0 Å². The van der Waals surface area contributed by atoms with Crippen molar-refractivity contribution in [3.05, 3.63) is 77.2 Å². The van der Waals surface area contributed by atoms with E-state index in [1.165, 1.54) is 0 Å². The molecule has 1 atom stereocenters. The number of benzene rings is 1. The molecule has 1 N–H and O–H groups in total. The van der Waals surface area contributed by atoms with Crippen LogP contribution in [0.2, 0.25) is 0 Å². The van der Waals surface area contributed by atoms with Crippen LogP contribution in [0.5, 0.6) is 0 Å². The smallest absolute Gasteiger partial charge is 0.358 e. The van der Waals surface area contributed by atoms with Gasteiger partial charge in [0.1, 0.15) is 0 Å². The fourth-order valence-corrected chi connectivity index (χ4v) is 3.70. The number of rotatable bonds is 3. The number of pyridine rings is 1. The fraction of sp³-hybridized carbons (Fsp3) is 0.238. The predicted octanol–water partition coefficient (Wildman–Crippen LogP) is 4.97. The van der Waals surface area contributed by atoms with Gasteiger partial charge in [-0.1, -0.05) is 30.3 Å². The minimum Gasteiger partial charge on any atom is -0.358 e. The van der Waals surface area contributed by atoms with Gasteiger partial charge in [-0.05, 0) is 23.3 Å². The second-order valence-corrected chi connectivity index (χ2v) is 6.80. The Hall–Kier alpha value is -2.89. The van der Waals surface area contributed by atoms with Crippen LogP contribution in [0.1, 0.15) is 33.6 Å². The number of carbonyl (C=O) groups excluding carboxylic acids is 1. The number of aromatic amines is 1. The quantitative estimate of drug-likeness (QED) is 0.707. The highest BCUT2D eigenvalue weighted by molar-refractivity contribution is 6.02. The second kappa shape index (κ2) is 6.68. The summed E-state index contributed by atoms with van der Waals surface area (Å²) in [5, 5.41) is 0. The number of hydrogen-bond donors (Lipinski definition) is 1. The number of nitrogens with zero attached hydrogens (tertiary/aromatic N) is 1. The summed E-state index contributed by atoms with van der Waals surface area (Å²) in [6.45, 7) is 0. The third-order valence-electron chi connectivity index (χ3n) is 5.00. The zero-order chi connectivity index (χ0) is 19.0. The summed E-state index contributed by atoms with van der Waals surface area (Å²) >= 11 is 0. The molecule has 0 saturated carbocycles. The number of H-pyrrole nitrogens is 1. The maximum atomic E-state index is 13.2. The number of Topliss-reactive ketones (excluding diaryl/α,β-unsaturated/α-hetero) is 1. The molecule has 1 aliphatic rings. The molecule has 0 bridgehead atoms. The summed E-state index contributed by atoms with van der Waals surface area (Å²) in [6.07, 6.45) is -1.34. The van der Waals surface area contributed by atoms with Gasteiger partial charge in [-0.2, -0.15) is 13.2 Å². The van der Waals surface area contributed by atoms with E-state index in [9.17, 15) is 18.0 Å². The fourth-order valence-electron chi connectivity index (χ4n) is 3.70. The van der Waals surface area contributed by atoms with Crippen LogP contribution in [-0.2, 0) is 12.8 Å². The molecule has 3 nitrogen and oxygen atoms in total. The molecular formula is C21H17F3N2O. The van der Waals surface area contributed by atoms with Gasteiger partial charge in [-0.15, -0.1) is 0 Å². The van der Waals surface area contributed by atoms with Gasteiger partial charge >= 0.3 is 6.18 Å². The first kappa shape index (κ1) is 17.5. The van der Waals surface area contributed by atoms with Gasteiger partial charge in [-0.25, -0.2) is 0 Å². The van der Waals surface area contributed by atoms with Crippen LogP contribution in [0.3, 0.4) is 0 Å². The molecule has 27 heavy (non-hydrogen) atoms. The standard InChI is InChI=1S/C21H17F3N2O/c22-21(23,24)15-11-17-19(18(27)12-15)16(10-13-4-2-1-3-5-13)20(26-17)14-6-8-25-9-7-14/h1-9,15,26H,10-12H2/t15-/m0/s1. The first-order valence-corrected chi connectivity index (χ1v) is 8.71. The van der Waals surface area contributed by atoms with Gasteiger partial charge in [0.2, 0.25) is 0 Å². The Morgan fingerprint density at radius 2 is 1.74 bits per heavy atom. The van der Waals surface area contributed by atoms with Gasteiger partial charge in [-0.3, -0.25) is 9.78 Å². The number of halogens is 3. The Morgan fingerprint density at radius 1 is 1.04 bits per heavy atom. The highest BCUT2D eigenvalue weighted by atomic mass is 19.4. The summed E-state index contributed by atoms with van der Waals surface area (Å²) in [7, 11) is 0. The Labute approximate surface area is 154 Å². The zero-order valence-electron chi connectivity index (χ0n) is 14.4. The average molecular weight is 370 g/mol. The zero-order valence-corrected chi connectivity index (χ0v) is 14.4. The number of nitrogens with one attached hydrogen (secondary N) is 1. The molecule has 3 aromatic rings. The SMILES string of the molecule is O=C1C[C@@H](C(F)(F)F)Cc2[nH]c(-c3ccncc3)c(Cc3ccccc3)c21. The summed E-state index contributed by atoms with van der Waals surface area (Å²) in [5.41, 5.74) is 4.06. The van der Waals surface area contributed by atoms with E-state index >= 15 is 0 Å². The predicted molar refractivity (Wildman–Crippen MR) is 95.5 cm³/mol. The van der Waals surface area contributed by atoms with Crippen molar-refractivity contribution in [2.24, 2.45) is 5.92 Å². The number of fused-ring (bicyclic) bond motifs is 1. The minimum absolute atomic E-state index is 0.197. The highest BCUT2D eigenvalue weighted by Gasteiger charge is 2.45. The van der Waals surface area contributed by atoms with E-state index in [2.05, 4.69) is 9.97 Å². The van der Waals surface area contributed by atoms with E-state index in [0.29, 0.717) is 23.4 Å². The molecule has 0 saturated heterocycles. The van der Waals surface area contributed by atoms with Crippen molar-refractivity contribution in [3.8, 4) is 11.3 Å². The molecule has 0 unspecified atom stereocenters. The van der Waals surface area contributed by atoms with Gasteiger partial charge in [0.25, 0.3) is 0 Å². The lowest BCUT2D eigenvalue weighted by atomic mass is 9.83. The van der Waals surface area contributed by atoms with E-state index in [1.54, 1.807) is 24.5 Å². The Balaban J connectivity index is 1.84. The Bertz CT molecular complexity index is 962. The van der Waals surface area contributed by atoms with Gasteiger partial charge in [0, 0.05) is 48.5 Å². The minimum atomic E-state index is -4.38. The summed E-state index contributed by atoms with van der Waals surface area (Å²) in [5.74, 6) is -2.08. The molecule has 0 fully saturated rings. The molecular weight excluding hydrogens is 353 g/mol. The number of alkyl halides is 3. The van der Waals surface area contributed by atoms with Crippen molar-refractivity contribution in [1.82, 2.24) is 9.97 Å². The maximum absolute atomic E-state index is 13.2. The number of hydrogen-bond acceptors (Lipinski definition) is 2. The summed E-state index contributed by atoms with van der Waals surface area (Å²) < 4.78 is 39.6. The maximum Gasteiger partial charge on any atom is 0.392 e. The first-order chi connectivity index (χ1) is 12.9. The van der Waals surface area contributed by atoms with Crippen LogP contribution in [0, 0.1) is 5.92 Å². The Kier molecular flexibility index (Phi) is 4.34. The first-order valence-electron chi connectivity index (χ1n) is 8.71. The van der Waals surface area contributed by atoms with Crippen LogP contribution in [-0.4, -0.2) is 21.9 Å². The summed E-state index contributed by atoms with van der Waals surface area (Å²) in [6, 6.07) is 13.2. The van der Waals surface area contributed by atoms with Crippen LogP contribution >= 0.6 is 0 Å². The molecule has 1 aliphatic carbocycles.